The van der Waals surface area contributed by atoms with Crippen LogP contribution in [0.3, 0.4) is 0 Å². The Kier molecular flexibility index (Phi) is 6.54. The van der Waals surface area contributed by atoms with Gasteiger partial charge in [0.05, 0.1) is 6.61 Å². The summed E-state index contributed by atoms with van der Waals surface area (Å²) >= 11 is 0. The molecule has 1 saturated heterocycles. The van der Waals surface area contributed by atoms with E-state index in [9.17, 15) is 14.4 Å². The molecule has 1 unspecified atom stereocenters. The number of likely N-dealkylation sites (tertiary alicyclic amines) is 1. The van der Waals surface area contributed by atoms with E-state index in [2.05, 4.69) is 17.2 Å². The first kappa shape index (κ1) is 21.6. The zero-order chi connectivity index (χ0) is 22.5. The van der Waals surface area contributed by atoms with Crippen molar-refractivity contribution in [3.63, 3.8) is 0 Å². The van der Waals surface area contributed by atoms with Gasteiger partial charge in [0.25, 0.3) is 5.91 Å². The van der Waals surface area contributed by atoms with Crippen molar-refractivity contribution < 1.29 is 19.1 Å². The quantitative estimate of drug-likeness (QED) is 0.686. The number of ether oxygens (including phenoxy) is 1. The number of nitrogens with one attached hydrogen (secondary N) is 2. The predicted octanol–water partition coefficient (Wildman–Crippen LogP) is 3.06. The Morgan fingerprint density at radius 2 is 1.94 bits per heavy atom. The van der Waals surface area contributed by atoms with Gasteiger partial charge >= 0.3 is 0 Å². The number of anilines is 1. The number of benzene rings is 2. The molecule has 0 aliphatic carbocycles. The summed E-state index contributed by atoms with van der Waals surface area (Å²) in [6.07, 6.45) is 4.47. The van der Waals surface area contributed by atoms with Crippen LogP contribution in [0, 0.1) is 0 Å². The summed E-state index contributed by atoms with van der Waals surface area (Å²) in [6, 6.07) is 12.2. The van der Waals surface area contributed by atoms with Gasteiger partial charge in [-0.2, -0.15) is 0 Å². The Bertz CT molecular complexity index is 1030. The Morgan fingerprint density at radius 3 is 2.72 bits per heavy atom. The normalized spacial score (nSPS) is 17.1. The molecule has 4 rings (SSSR count). The lowest BCUT2D eigenvalue weighted by atomic mass is 9.99. The van der Waals surface area contributed by atoms with Crippen LogP contribution < -0.4 is 15.4 Å². The summed E-state index contributed by atoms with van der Waals surface area (Å²) in [5.74, 6) is 0.294. The van der Waals surface area contributed by atoms with Crippen molar-refractivity contribution in [3.8, 4) is 5.75 Å². The van der Waals surface area contributed by atoms with E-state index in [1.165, 1.54) is 6.08 Å². The van der Waals surface area contributed by atoms with Gasteiger partial charge in [-0.15, -0.1) is 0 Å². The lowest BCUT2D eigenvalue weighted by Crippen LogP contribution is -2.50. The molecule has 1 fully saturated rings. The molecule has 2 aromatic carbocycles. The summed E-state index contributed by atoms with van der Waals surface area (Å²) in [6.45, 7) is 5.00. The summed E-state index contributed by atoms with van der Waals surface area (Å²) in [5.41, 5.74) is 3.22. The van der Waals surface area contributed by atoms with Crippen LogP contribution in [0.25, 0.3) is 0 Å². The SMILES string of the molecule is C=CC(=O)NCc1ccc(C(=O)N2CCCCC2C(=O)Nc2ccc3c(c2)CCO3)cc1. The van der Waals surface area contributed by atoms with Gasteiger partial charge in [0, 0.05) is 30.8 Å². The number of amides is 3. The largest absolute Gasteiger partial charge is 0.493 e. The first-order valence-electron chi connectivity index (χ1n) is 10.9. The van der Waals surface area contributed by atoms with E-state index in [1.54, 1.807) is 17.0 Å². The van der Waals surface area contributed by atoms with E-state index in [0.29, 0.717) is 31.7 Å². The third-order valence-electron chi connectivity index (χ3n) is 5.88. The number of carbonyl (C=O) groups excluding carboxylic acids is 3. The zero-order valence-corrected chi connectivity index (χ0v) is 17.9. The number of carbonyl (C=O) groups is 3. The van der Waals surface area contributed by atoms with Gasteiger partial charge in [-0.05, 0) is 66.8 Å². The minimum absolute atomic E-state index is 0.158. The minimum Gasteiger partial charge on any atom is -0.493 e. The third-order valence-corrected chi connectivity index (χ3v) is 5.88. The predicted molar refractivity (Wildman–Crippen MR) is 121 cm³/mol. The molecular weight excluding hydrogens is 406 g/mol. The molecule has 2 aliphatic heterocycles. The van der Waals surface area contributed by atoms with E-state index in [-0.39, 0.29) is 17.7 Å². The summed E-state index contributed by atoms with van der Waals surface area (Å²) in [4.78, 5) is 39.2. The smallest absolute Gasteiger partial charge is 0.254 e. The van der Waals surface area contributed by atoms with E-state index in [4.69, 9.17) is 4.74 Å². The molecule has 32 heavy (non-hydrogen) atoms. The second-order valence-electron chi connectivity index (χ2n) is 8.04. The molecule has 2 aliphatic rings. The van der Waals surface area contributed by atoms with Crippen molar-refractivity contribution in [1.29, 1.82) is 0 Å². The van der Waals surface area contributed by atoms with Crippen LogP contribution in [0.2, 0.25) is 0 Å². The van der Waals surface area contributed by atoms with Gasteiger partial charge in [-0.25, -0.2) is 0 Å². The van der Waals surface area contributed by atoms with Crippen molar-refractivity contribution in [3.05, 3.63) is 71.8 Å². The van der Waals surface area contributed by atoms with E-state index in [0.717, 1.165) is 41.8 Å². The Labute approximate surface area is 187 Å². The van der Waals surface area contributed by atoms with Crippen molar-refractivity contribution in [2.24, 2.45) is 0 Å². The topological polar surface area (TPSA) is 87.7 Å². The molecule has 0 bridgehead atoms. The van der Waals surface area contributed by atoms with E-state index in [1.807, 2.05) is 30.3 Å². The molecule has 2 N–H and O–H groups in total. The Morgan fingerprint density at radius 1 is 1.12 bits per heavy atom. The maximum Gasteiger partial charge on any atom is 0.254 e. The molecule has 1 atom stereocenters. The molecule has 0 aromatic heterocycles. The number of nitrogens with zero attached hydrogens (tertiary/aromatic N) is 1. The molecule has 2 aromatic rings. The number of fused-ring (bicyclic) bond motifs is 1. The molecule has 7 heteroatoms. The standard InChI is InChI=1S/C25H27N3O4/c1-2-23(29)26-16-17-6-8-18(9-7-17)25(31)28-13-4-3-5-21(28)24(30)27-20-10-11-22-19(15-20)12-14-32-22/h2,6-11,15,21H,1,3-5,12-14,16H2,(H,26,29)(H,27,30). The summed E-state index contributed by atoms with van der Waals surface area (Å²) in [5, 5.41) is 5.69. The molecule has 0 saturated carbocycles. The van der Waals surface area contributed by atoms with Gasteiger partial charge in [-0.3, -0.25) is 14.4 Å². The average Bonchev–Trinajstić information content (AvgIpc) is 3.30. The highest BCUT2D eigenvalue weighted by Gasteiger charge is 2.32. The fraction of sp³-hybridized carbons (Fsp3) is 0.320. The Balaban J connectivity index is 1.43. The van der Waals surface area contributed by atoms with Crippen LogP contribution in [0.15, 0.2) is 55.1 Å². The van der Waals surface area contributed by atoms with Gasteiger partial charge in [0.2, 0.25) is 11.8 Å². The third kappa shape index (κ3) is 4.82. The number of hydrogen-bond acceptors (Lipinski definition) is 4. The first-order chi connectivity index (χ1) is 15.5. The van der Waals surface area contributed by atoms with Gasteiger partial charge in [-0.1, -0.05) is 18.7 Å². The number of hydrogen-bond donors (Lipinski definition) is 2. The van der Waals surface area contributed by atoms with Gasteiger partial charge < -0.3 is 20.3 Å². The molecule has 166 valence electrons. The maximum atomic E-state index is 13.2. The van der Waals surface area contributed by atoms with Gasteiger partial charge in [0.1, 0.15) is 11.8 Å². The fourth-order valence-corrected chi connectivity index (χ4v) is 4.13. The first-order valence-corrected chi connectivity index (χ1v) is 10.9. The van der Waals surface area contributed by atoms with Gasteiger partial charge in [0.15, 0.2) is 0 Å². The zero-order valence-electron chi connectivity index (χ0n) is 17.9. The summed E-state index contributed by atoms with van der Waals surface area (Å²) < 4.78 is 5.52. The van der Waals surface area contributed by atoms with E-state index >= 15 is 0 Å². The van der Waals surface area contributed by atoms with Crippen LogP contribution in [-0.2, 0) is 22.6 Å². The monoisotopic (exact) mass is 433 g/mol. The summed E-state index contributed by atoms with van der Waals surface area (Å²) in [7, 11) is 0. The van der Waals surface area contributed by atoms with Crippen LogP contribution in [0.4, 0.5) is 5.69 Å². The number of rotatable bonds is 6. The van der Waals surface area contributed by atoms with Crippen LogP contribution >= 0.6 is 0 Å². The highest BCUT2D eigenvalue weighted by atomic mass is 16.5. The molecular formula is C25H27N3O4. The van der Waals surface area contributed by atoms with Crippen molar-refractivity contribution in [1.82, 2.24) is 10.2 Å². The van der Waals surface area contributed by atoms with E-state index < -0.39 is 6.04 Å². The Hall–Kier alpha value is -3.61. The molecule has 0 spiro atoms. The van der Waals surface area contributed by atoms with Crippen molar-refractivity contribution >= 4 is 23.4 Å². The lowest BCUT2D eigenvalue weighted by Gasteiger charge is -2.34. The molecule has 0 radical (unpaired) electrons. The second kappa shape index (κ2) is 9.68. The van der Waals surface area contributed by atoms with Crippen LogP contribution in [0.5, 0.6) is 5.75 Å². The lowest BCUT2D eigenvalue weighted by molar-refractivity contribution is -0.121. The van der Waals surface area contributed by atoms with Crippen LogP contribution in [0.1, 0.15) is 40.7 Å². The number of piperidine rings is 1. The van der Waals surface area contributed by atoms with Crippen LogP contribution in [-0.4, -0.2) is 41.8 Å². The highest BCUT2D eigenvalue weighted by Crippen LogP contribution is 2.28. The highest BCUT2D eigenvalue weighted by molar-refractivity contribution is 6.01. The molecule has 7 nitrogen and oxygen atoms in total. The second-order valence-corrected chi connectivity index (χ2v) is 8.04. The molecule has 3 amide bonds. The fourth-order valence-electron chi connectivity index (χ4n) is 4.13. The molecule has 2 heterocycles. The maximum absolute atomic E-state index is 13.2. The average molecular weight is 434 g/mol. The van der Waals surface area contributed by atoms with Crippen molar-refractivity contribution in [2.75, 3.05) is 18.5 Å². The minimum atomic E-state index is -0.507. The van der Waals surface area contributed by atoms with Crippen molar-refractivity contribution in [2.45, 2.75) is 38.3 Å².